The zero-order valence-electron chi connectivity index (χ0n) is 8.05. The third-order valence-electron chi connectivity index (χ3n) is 1.42. The molecule has 1 nitrogen and oxygen atoms in total. The third kappa shape index (κ3) is 5.36. The monoisotopic (exact) mass is 239 g/mol. The molecule has 0 spiro atoms. The highest BCUT2D eigenvalue weighted by Gasteiger charge is 1.93. The number of rotatable bonds is 4. The second-order valence-corrected chi connectivity index (χ2v) is 3.38. The van der Waals surface area contributed by atoms with Gasteiger partial charge in [-0.3, -0.25) is 4.99 Å². The summed E-state index contributed by atoms with van der Waals surface area (Å²) in [6.45, 7) is 11.3. The number of hydrogen-bond donors (Lipinski definition) is 0. The van der Waals surface area contributed by atoms with E-state index >= 15 is 0 Å². The molecule has 0 aromatic carbocycles. The second kappa shape index (κ2) is 6.61. The normalized spacial score (nSPS) is 13.5. The zero-order chi connectivity index (χ0) is 10.3. The lowest BCUT2D eigenvalue weighted by molar-refractivity contribution is 1.31. The van der Waals surface area contributed by atoms with Crippen LogP contribution in [0.2, 0.25) is 0 Å². The summed E-state index contributed by atoms with van der Waals surface area (Å²) in [6.07, 6.45) is 7.20. The first-order chi connectivity index (χ1) is 6.11. The molecule has 0 heterocycles. The summed E-state index contributed by atoms with van der Waals surface area (Å²) in [5.74, 6) is 0. The van der Waals surface area contributed by atoms with Gasteiger partial charge in [-0.2, -0.15) is 0 Å². The first-order valence-electron chi connectivity index (χ1n) is 3.96. The molecule has 0 bridgehead atoms. The standard InChI is InChI=1S/C11H14BrN/c1-5-7-13-10(4)9(3)8-11(12)6-2/h5-8H,1,4H2,2-3H3. The van der Waals surface area contributed by atoms with Crippen molar-refractivity contribution in [3.05, 3.63) is 47.1 Å². The van der Waals surface area contributed by atoms with E-state index in [-0.39, 0.29) is 0 Å². The highest BCUT2D eigenvalue weighted by Crippen LogP contribution is 2.14. The summed E-state index contributed by atoms with van der Waals surface area (Å²) in [6, 6.07) is 0. The largest absolute Gasteiger partial charge is 0.257 e. The van der Waals surface area contributed by atoms with E-state index in [2.05, 4.69) is 34.1 Å². The number of hydrogen-bond acceptors (Lipinski definition) is 1. The van der Waals surface area contributed by atoms with E-state index in [1.165, 1.54) is 0 Å². The van der Waals surface area contributed by atoms with Crippen molar-refractivity contribution in [1.29, 1.82) is 0 Å². The van der Waals surface area contributed by atoms with Gasteiger partial charge in [0.05, 0.1) is 5.70 Å². The predicted octanol–water partition coefficient (Wildman–Crippen LogP) is 4.00. The van der Waals surface area contributed by atoms with Crippen molar-refractivity contribution in [2.24, 2.45) is 4.99 Å². The lowest BCUT2D eigenvalue weighted by Gasteiger charge is -1.98. The highest BCUT2D eigenvalue weighted by atomic mass is 79.9. The van der Waals surface area contributed by atoms with Crippen LogP contribution in [0.5, 0.6) is 0 Å². The number of nitrogens with zero attached hydrogens (tertiary/aromatic N) is 1. The molecule has 0 aliphatic carbocycles. The predicted molar refractivity (Wildman–Crippen MR) is 64.3 cm³/mol. The minimum absolute atomic E-state index is 0.749. The van der Waals surface area contributed by atoms with Crippen molar-refractivity contribution in [2.75, 3.05) is 0 Å². The van der Waals surface area contributed by atoms with E-state index in [1.54, 1.807) is 12.3 Å². The van der Waals surface area contributed by atoms with Gasteiger partial charge >= 0.3 is 0 Å². The van der Waals surface area contributed by atoms with Crippen LogP contribution in [0.25, 0.3) is 0 Å². The Morgan fingerprint density at radius 1 is 1.46 bits per heavy atom. The topological polar surface area (TPSA) is 12.4 Å². The van der Waals surface area contributed by atoms with Crippen LogP contribution in [0.15, 0.2) is 52.1 Å². The molecule has 2 heteroatoms. The Bertz CT molecular complexity index is 282. The van der Waals surface area contributed by atoms with Gasteiger partial charge in [0.25, 0.3) is 0 Å². The Balaban J connectivity index is 4.51. The molecule has 0 saturated carbocycles. The lowest BCUT2D eigenvalue weighted by Crippen LogP contribution is -1.80. The fraction of sp³-hybridized carbons (Fsp3) is 0.182. The van der Waals surface area contributed by atoms with Crippen molar-refractivity contribution in [3.8, 4) is 0 Å². The summed E-state index contributed by atoms with van der Waals surface area (Å²) in [5, 5.41) is 0. The van der Waals surface area contributed by atoms with E-state index in [4.69, 9.17) is 0 Å². The van der Waals surface area contributed by atoms with Crippen molar-refractivity contribution in [2.45, 2.75) is 13.8 Å². The van der Waals surface area contributed by atoms with Crippen LogP contribution in [0.3, 0.4) is 0 Å². The Morgan fingerprint density at radius 2 is 2.08 bits per heavy atom. The molecule has 0 unspecified atom stereocenters. The molecule has 0 fully saturated rings. The molecule has 0 aromatic heterocycles. The summed E-state index contributed by atoms with van der Waals surface area (Å²) in [4.78, 5) is 4.08. The van der Waals surface area contributed by atoms with Crippen LogP contribution >= 0.6 is 15.9 Å². The van der Waals surface area contributed by atoms with Crippen LogP contribution in [0.4, 0.5) is 0 Å². The summed E-state index contributed by atoms with van der Waals surface area (Å²) in [5.41, 5.74) is 1.78. The van der Waals surface area contributed by atoms with Crippen LogP contribution in [0.1, 0.15) is 13.8 Å². The average Bonchev–Trinajstić information content (AvgIpc) is 2.13. The quantitative estimate of drug-likeness (QED) is 0.520. The zero-order valence-corrected chi connectivity index (χ0v) is 9.63. The van der Waals surface area contributed by atoms with Gasteiger partial charge < -0.3 is 0 Å². The molecule has 0 rings (SSSR count). The fourth-order valence-electron chi connectivity index (χ4n) is 0.618. The van der Waals surface area contributed by atoms with Gasteiger partial charge in [-0.05, 0) is 25.5 Å². The van der Waals surface area contributed by atoms with E-state index in [1.807, 2.05) is 26.0 Å². The number of aliphatic imine (C=N–C) groups is 1. The fourth-order valence-corrected chi connectivity index (χ4v) is 0.961. The van der Waals surface area contributed by atoms with Crippen molar-refractivity contribution in [3.63, 3.8) is 0 Å². The minimum Gasteiger partial charge on any atom is -0.257 e. The van der Waals surface area contributed by atoms with E-state index in [0.717, 1.165) is 15.8 Å². The van der Waals surface area contributed by atoms with Gasteiger partial charge in [0, 0.05) is 10.7 Å². The van der Waals surface area contributed by atoms with Crippen molar-refractivity contribution in [1.82, 2.24) is 0 Å². The first-order valence-corrected chi connectivity index (χ1v) is 4.75. The Hall–Kier alpha value is -0.890. The Kier molecular flexibility index (Phi) is 6.15. The maximum absolute atomic E-state index is 4.08. The SMILES string of the molecule is C=CC=NC(=C)C(C)=CC(Br)=CC. The Morgan fingerprint density at radius 3 is 2.54 bits per heavy atom. The van der Waals surface area contributed by atoms with Gasteiger partial charge in [-0.15, -0.1) is 0 Å². The van der Waals surface area contributed by atoms with Crippen LogP contribution in [0, 0.1) is 0 Å². The van der Waals surface area contributed by atoms with Gasteiger partial charge in [-0.1, -0.05) is 41.2 Å². The molecule has 70 valence electrons. The molecule has 0 aromatic rings. The van der Waals surface area contributed by atoms with Crippen LogP contribution < -0.4 is 0 Å². The second-order valence-electron chi connectivity index (χ2n) is 2.46. The molecule has 0 N–H and O–H groups in total. The maximum Gasteiger partial charge on any atom is 0.0587 e. The molecule has 0 aliphatic rings. The average molecular weight is 240 g/mol. The lowest BCUT2D eigenvalue weighted by atomic mass is 10.2. The van der Waals surface area contributed by atoms with E-state index < -0.39 is 0 Å². The molecule has 0 aliphatic heterocycles. The van der Waals surface area contributed by atoms with Gasteiger partial charge in [-0.25, -0.2) is 0 Å². The van der Waals surface area contributed by atoms with Crippen LogP contribution in [-0.4, -0.2) is 6.21 Å². The summed E-state index contributed by atoms with van der Waals surface area (Å²) in [7, 11) is 0. The molecular formula is C11H14BrN. The van der Waals surface area contributed by atoms with Crippen molar-refractivity contribution >= 4 is 22.1 Å². The summed E-state index contributed by atoms with van der Waals surface area (Å²) >= 11 is 3.39. The minimum atomic E-state index is 0.749. The number of allylic oxidation sites excluding steroid dienone is 5. The molecule has 0 atom stereocenters. The molecule has 0 radical (unpaired) electrons. The summed E-state index contributed by atoms with van der Waals surface area (Å²) < 4.78 is 1.03. The van der Waals surface area contributed by atoms with E-state index in [0.29, 0.717) is 0 Å². The maximum atomic E-state index is 4.08. The molecule has 0 saturated heterocycles. The van der Waals surface area contributed by atoms with Crippen LogP contribution in [-0.2, 0) is 0 Å². The molecule has 0 amide bonds. The van der Waals surface area contributed by atoms with Gasteiger partial charge in [0.15, 0.2) is 0 Å². The van der Waals surface area contributed by atoms with E-state index in [9.17, 15) is 0 Å². The molecule has 13 heavy (non-hydrogen) atoms. The van der Waals surface area contributed by atoms with Gasteiger partial charge in [0.2, 0.25) is 0 Å². The highest BCUT2D eigenvalue weighted by molar-refractivity contribution is 9.11. The molecular weight excluding hydrogens is 226 g/mol. The Labute approximate surface area is 88.4 Å². The van der Waals surface area contributed by atoms with Gasteiger partial charge in [0.1, 0.15) is 0 Å². The third-order valence-corrected chi connectivity index (χ3v) is 2.11. The first kappa shape index (κ1) is 12.1. The number of halogens is 1. The smallest absolute Gasteiger partial charge is 0.0587 e. The van der Waals surface area contributed by atoms with Crippen molar-refractivity contribution < 1.29 is 0 Å².